The molecule has 1 aliphatic rings. The van der Waals surface area contributed by atoms with Gasteiger partial charge < -0.3 is 9.47 Å². The third-order valence-corrected chi connectivity index (χ3v) is 2.93. The fraction of sp³-hybridized carbons (Fsp3) is 0.364. The third kappa shape index (κ3) is 1.06. The summed E-state index contributed by atoms with van der Waals surface area (Å²) in [4.78, 5) is 6.65. The van der Waals surface area contributed by atoms with Crippen molar-refractivity contribution in [2.24, 2.45) is 0 Å². The predicted molar refractivity (Wildman–Crippen MR) is 56.3 cm³/mol. The minimum absolute atomic E-state index is 0.640. The van der Waals surface area contributed by atoms with Gasteiger partial charge in [-0.05, 0) is 25.2 Å². The topological polar surface area (TPSA) is 21.1 Å². The normalized spacial score (nSPS) is 18.6. The summed E-state index contributed by atoms with van der Waals surface area (Å²) < 4.78 is 2.34. The highest BCUT2D eigenvalue weighted by atomic mass is 15.2. The zero-order valence-electron chi connectivity index (χ0n) is 8.22. The average Bonchev–Trinajstić information content (AvgIpc) is 2.56. The lowest BCUT2D eigenvalue weighted by Crippen LogP contribution is -2.44. The lowest BCUT2D eigenvalue weighted by molar-refractivity contribution is 0.144. The molecule has 1 aliphatic heterocycles. The van der Waals surface area contributed by atoms with Gasteiger partial charge >= 0.3 is 0 Å². The van der Waals surface area contributed by atoms with E-state index < -0.39 is 0 Å². The maximum Gasteiger partial charge on any atom is 0.0881 e. The molecule has 2 aromatic rings. The average molecular weight is 187 g/mol. The molecule has 3 nitrogen and oxygen atoms in total. The molecule has 3 heteroatoms. The standard InChI is InChI=1S/C11H13N3/c1-13-7-9(8-13)14-6-4-10-11(14)3-2-5-12-10/h2-6,9H,7-8H2,1H3. The molecule has 3 heterocycles. The van der Waals surface area contributed by atoms with Crippen molar-refractivity contribution in [2.45, 2.75) is 6.04 Å². The lowest BCUT2D eigenvalue weighted by atomic mass is 10.1. The van der Waals surface area contributed by atoms with E-state index in [0.29, 0.717) is 6.04 Å². The van der Waals surface area contributed by atoms with Crippen LogP contribution in [-0.2, 0) is 0 Å². The van der Waals surface area contributed by atoms with E-state index in [1.165, 1.54) is 5.52 Å². The second-order valence-corrected chi connectivity index (χ2v) is 4.01. The molecule has 3 rings (SSSR count). The van der Waals surface area contributed by atoms with Crippen molar-refractivity contribution < 1.29 is 0 Å². The van der Waals surface area contributed by atoms with Crippen molar-refractivity contribution in [1.82, 2.24) is 14.5 Å². The summed E-state index contributed by atoms with van der Waals surface area (Å²) in [6.45, 7) is 2.30. The van der Waals surface area contributed by atoms with Crippen LogP contribution in [0, 0.1) is 0 Å². The Labute approximate surface area is 83.0 Å². The van der Waals surface area contributed by atoms with Crippen molar-refractivity contribution in [1.29, 1.82) is 0 Å². The van der Waals surface area contributed by atoms with Gasteiger partial charge in [-0.1, -0.05) is 0 Å². The number of hydrogen-bond donors (Lipinski definition) is 0. The Balaban J connectivity index is 2.05. The Kier molecular flexibility index (Phi) is 1.61. The highest BCUT2D eigenvalue weighted by Crippen LogP contribution is 2.24. The second kappa shape index (κ2) is 2.82. The molecule has 1 fully saturated rings. The van der Waals surface area contributed by atoms with E-state index in [9.17, 15) is 0 Å². The van der Waals surface area contributed by atoms with Gasteiger partial charge in [0, 0.05) is 25.5 Å². The second-order valence-electron chi connectivity index (χ2n) is 4.01. The number of hydrogen-bond acceptors (Lipinski definition) is 2. The van der Waals surface area contributed by atoms with E-state index in [4.69, 9.17) is 0 Å². The van der Waals surface area contributed by atoms with Crippen molar-refractivity contribution >= 4 is 11.0 Å². The molecule has 0 amide bonds. The summed E-state index contributed by atoms with van der Waals surface area (Å²) in [5, 5.41) is 0. The Morgan fingerprint density at radius 1 is 1.36 bits per heavy atom. The lowest BCUT2D eigenvalue weighted by Gasteiger charge is -2.37. The first-order chi connectivity index (χ1) is 6.84. The molecular weight excluding hydrogens is 174 g/mol. The van der Waals surface area contributed by atoms with Crippen molar-refractivity contribution in [2.75, 3.05) is 20.1 Å². The Hall–Kier alpha value is -1.35. The fourth-order valence-electron chi connectivity index (χ4n) is 2.15. The molecular formula is C11H13N3. The van der Waals surface area contributed by atoms with Crippen LogP contribution in [0.15, 0.2) is 30.6 Å². The van der Waals surface area contributed by atoms with Gasteiger partial charge in [0.1, 0.15) is 0 Å². The molecule has 0 aliphatic carbocycles. The van der Waals surface area contributed by atoms with E-state index in [1.807, 2.05) is 12.3 Å². The Bertz CT molecular complexity index is 454. The molecule has 0 radical (unpaired) electrons. The van der Waals surface area contributed by atoms with Crippen LogP contribution in [0.5, 0.6) is 0 Å². The highest BCUT2D eigenvalue weighted by Gasteiger charge is 2.25. The minimum atomic E-state index is 0.640. The SMILES string of the molecule is CN1CC(n2ccc3ncccc32)C1. The summed E-state index contributed by atoms with van der Waals surface area (Å²) in [6, 6.07) is 6.87. The van der Waals surface area contributed by atoms with Crippen molar-refractivity contribution in [3.63, 3.8) is 0 Å². The Morgan fingerprint density at radius 3 is 3.00 bits per heavy atom. The van der Waals surface area contributed by atoms with Gasteiger partial charge in [-0.15, -0.1) is 0 Å². The van der Waals surface area contributed by atoms with Crippen LogP contribution in [0.4, 0.5) is 0 Å². The summed E-state index contributed by atoms with van der Waals surface area (Å²) in [5.74, 6) is 0. The summed E-state index contributed by atoms with van der Waals surface area (Å²) in [7, 11) is 2.15. The van der Waals surface area contributed by atoms with Crippen LogP contribution < -0.4 is 0 Å². The van der Waals surface area contributed by atoms with Gasteiger partial charge in [0.25, 0.3) is 0 Å². The van der Waals surface area contributed by atoms with Crippen LogP contribution in [0.2, 0.25) is 0 Å². The number of rotatable bonds is 1. The van der Waals surface area contributed by atoms with E-state index in [0.717, 1.165) is 18.6 Å². The number of fused-ring (bicyclic) bond motifs is 1. The third-order valence-electron chi connectivity index (χ3n) is 2.93. The summed E-state index contributed by atoms with van der Waals surface area (Å²) in [5.41, 5.74) is 2.35. The molecule has 72 valence electrons. The first-order valence-corrected chi connectivity index (χ1v) is 4.95. The minimum Gasteiger partial charge on any atom is -0.341 e. The number of pyridine rings is 1. The van der Waals surface area contributed by atoms with E-state index >= 15 is 0 Å². The Morgan fingerprint density at radius 2 is 2.21 bits per heavy atom. The maximum atomic E-state index is 4.33. The highest BCUT2D eigenvalue weighted by molar-refractivity contribution is 5.75. The van der Waals surface area contributed by atoms with E-state index in [2.05, 4.69) is 39.8 Å². The summed E-state index contributed by atoms with van der Waals surface area (Å²) >= 11 is 0. The van der Waals surface area contributed by atoms with Crippen LogP contribution in [0.1, 0.15) is 6.04 Å². The zero-order valence-corrected chi connectivity index (χ0v) is 8.22. The summed E-state index contributed by atoms with van der Waals surface area (Å²) in [6.07, 6.45) is 3.99. The number of likely N-dealkylation sites (tertiary alicyclic amines) is 1. The molecule has 0 unspecified atom stereocenters. The smallest absolute Gasteiger partial charge is 0.0881 e. The molecule has 0 bridgehead atoms. The van der Waals surface area contributed by atoms with Gasteiger partial charge in [0.2, 0.25) is 0 Å². The maximum absolute atomic E-state index is 4.33. The zero-order chi connectivity index (χ0) is 9.54. The van der Waals surface area contributed by atoms with Gasteiger partial charge in [0.05, 0.1) is 17.1 Å². The molecule has 14 heavy (non-hydrogen) atoms. The molecule has 2 aromatic heterocycles. The number of aromatic nitrogens is 2. The van der Waals surface area contributed by atoms with Gasteiger partial charge in [-0.2, -0.15) is 0 Å². The first kappa shape index (κ1) is 8.00. The van der Waals surface area contributed by atoms with Gasteiger partial charge in [-0.25, -0.2) is 0 Å². The molecule has 0 spiro atoms. The van der Waals surface area contributed by atoms with E-state index in [-0.39, 0.29) is 0 Å². The molecule has 0 aromatic carbocycles. The fourth-order valence-corrected chi connectivity index (χ4v) is 2.15. The van der Waals surface area contributed by atoms with Crippen molar-refractivity contribution in [3.8, 4) is 0 Å². The largest absolute Gasteiger partial charge is 0.341 e. The number of likely N-dealkylation sites (N-methyl/N-ethyl adjacent to an activating group) is 1. The first-order valence-electron chi connectivity index (χ1n) is 4.95. The van der Waals surface area contributed by atoms with Crippen LogP contribution >= 0.6 is 0 Å². The van der Waals surface area contributed by atoms with Gasteiger partial charge in [-0.3, -0.25) is 4.98 Å². The quantitative estimate of drug-likeness (QED) is 0.675. The monoisotopic (exact) mass is 187 g/mol. The number of nitrogens with zero attached hydrogens (tertiary/aromatic N) is 3. The van der Waals surface area contributed by atoms with Crippen LogP contribution in [0.3, 0.4) is 0 Å². The van der Waals surface area contributed by atoms with Gasteiger partial charge in [0.15, 0.2) is 0 Å². The molecule has 0 atom stereocenters. The van der Waals surface area contributed by atoms with Crippen LogP contribution in [-0.4, -0.2) is 34.6 Å². The predicted octanol–water partition coefficient (Wildman–Crippen LogP) is 1.52. The van der Waals surface area contributed by atoms with E-state index in [1.54, 1.807) is 0 Å². The molecule has 1 saturated heterocycles. The van der Waals surface area contributed by atoms with Crippen LogP contribution in [0.25, 0.3) is 11.0 Å². The molecule has 0 N–H and O–H groups in total. The molecule has 0 saturated carbocycles. The van der Waals surface area contributed by atoms with Crippen molar-refractivity contribution in [3.05, 3.63) is 30.6 Å².